The molecule has 0 amide bonds. The first kappa shape index (κ1) is 13.8. The molecule has 1 N–H and O–H groups in total. The molecule has 104 valence electrons. The molecule has 0 spiro atoms. The number of benzene rings is 1. The SMILES string of the molecule is COc1ccc([N+](=O)[O-])c(NCCc2cccnc2)c1. The second-order valence-corrected chi connectivity index (χ2v) is 4.18. The van der Waals surface area contributed by atoms with Gasteiger partial charge < -0.3 is 10.1 Å². The van der Waals surface area contributed by atoms with E-state index in [1.54, 1.807) is 24.5 Å². The van der Waals surface area contributed by atoms with Gasteiger partial charge in [0.05, 0.1) is 12.0 Å². The number of aromatic nitrogens is 1. The maximum atomic E-state index is 11.0. The lowest BCUT2D eigenvalue weighted by Gasteiger charge is -2.08. The average Bonchev–Trinajstić information content (AvgIpc) is 2.48. The Balaban J connectivity index is 2.06. The second-order valence-electron chi connectivity index (χ2n) is 4.18. The third kappa shape index (κ3) is 3.44. The first-order valence-electron chi connectivity index (χ1n) is 6.16. The van der Waals surface area contributed by atoms with Crippen LogP contribution in [0.3, 0.4) is 0 Å². The molecule has 0 saturated heterocycles. The van der Waals surface area contributed by atoms with Gasteiger partial charge in [-0.05, 0) is 24.1 Å². The van der Waals surface area contributed by atoms with Gasteiger partial charge in [0.2, 0.25) is 0 Å². The van der Waals surface area contributed by atoms with E-state index in [2.05, 4.69) is 10.3 Å². The quantitative estimate of drug-likeness (QED) is 0.646. The Labute approximate surface area is 116 Å². The standard InChI is InChI=1S/C14H15N3O3/c1-20-12-4-5-14(17(18)19)13(9-12)16-8-6-11-3-2-7-15-10-11/h2-5,7,9-10,16H,6,8H2,1H3. The van der Waals surface area contributed by atoms with Gasteiger partial charge in [-0.2, -0.15) is 0 Å². The van der Waals surface area contributed by atoms with Crippen LogP contribution in [0.2, 0.25) is 0 Å². The van der Waals surface area contributed by atoms with Crippen molar-refractivity contribution in [1.82, 2.24) is 4.98 Å². The molecular formula is C14H15N3O3. The van der Waals surface area contributed by atoms with Crippen LogP contribution in [0.5, 0.6) is 5.75 Å². The number of nitrogens with zero attached hydrogens (tertiary/aromatic N) is 2. The van der Waals surface area contributed by atoms with Crippen LogP contribution in [0.15, 0.2) is 42.7 Å². The van der Waals surface area contributed by atoms with Gasteiger partial charge >= 0.3 is 0 Å². The predicted octanol–water partition coefficient (Wildman–Crippen LogP) is 2.65. The number of nitro groups is 1. The van der Waals surface area contributed by atoms with Crippen molar-refractivity contribution in [2.45, 2.75) is 6.42 Å². The zero-order valence-electron chi connectivity index (χ0n) is 11.1. The van der Waals surface area contributed by atoms with Gasteiger partial charge in [-0.3, -0.25) is 15.1 Å². The highest BCUT2D eigenvalue weighted by Gasteiger charge is 2.14. The molecule has 0 atom stereocenters. The molecule has 1 aromatic heterocycles. The minimum Gasteiger partial charge on any atom is -0.497 e. The number of methoxy groups -OCH3 is 1. The summed E-state index contributed by atoms with van der Waals surface area (Å²) >= 11 is 0. The molecule has 0 aliphatic rings. The van der Waals surface area contributed by atoms with Crippen molar-refractivity contribution in [3.63, 3.8) is 0 Å². The number of ether oxygens (including phenoxy) is 1. The topological polar surface area (TPSA) is 77.3 Å². The monoisotopic (exact) mass is 273 g/mol. The summed E-state index contributed by atoms with van der Waals surface area (Å²) in [6, 6.07) is 8.47. The number of hydrogen-bond donors (Lipinski definition) is 1. The molecule has 0 fully saturated rings. The molecule has 1 aromatic carbocycles. The van der Waals surface area contributed by atoms with E-state index >= 15 is 0 Å². The number of anilines is 1. The molecule has 2 rings (SSSR count). The summed E-state index contributed by atoms with van der Waals surface area (Å²) in [7, 11) is 1.53. The zero-order chi connectivity index (χ0) is 14.4. The minimum atomic E-state index is -0.411. The average molecular weight is 273 g/mol. The summed E-state index contributed by atoms with van der Waals surface area (Å²) < 4.78 is 5.08. The van der Waals surface area contributed by atoms with Crippen LogP contribution in [-0.4, -0.2) is 23.6 Å². The highest BCUT2D eigenvalue weighted by atomic mass is 16.6. The van der Waals surface area contributed by atoms with E-state index in [1.807, 2.05) is 12.1 Å². The van der Waals surface area contributed by atoms with E-state index in [0.29, 0.717) is 18.0 Å². The lowest BCUT2D eigenvalue weighted by Crippen LogP contribution is -2.07. The Hall–Kier alpha value is -2.63. The fourth-order valence-corrected chi connectivity index (χ4v) is 1.83. The number of nitro benzene ring substituents is 1. The van der Waals surface area contributed by atoms with Crippen molar-refractivity contribution in [1.29, 1.82) is 0 Å². The van der Waals surface area contributed by atoms with Crippen molar-refractivity contribution in [2.75, 3.05) is 19.0 Å². The second kappa shape index (κ2) is 6.51. The Morgan fingerprint density at radius 2 is 2.25 bits per heavy atom. The predicted molar refractivity (Wildman–Crippen MR) is 76.1 cm³/mol. The van der Waals surface area contributed by atoms with Crippen molar-refractivity contribution in [3.05, 3.63) is 58.4 Å². The Morgan fingerprint density at radius 1 is 1.40 bits per heavy atom. The van der Waals surface area contributed by atoms with Gasteiger partial charge in [-0.25, -0.2) is 0 Å². The third-order valence-corrected chi connectivity index (χ3v) is 2.85. The molecule has 0 saturated carbocycles. The molecular weight excluding hydrogens is 258 g/mol. The summed E-state index contributed by atoms with van der Waals surface area (Å²) in [5, 5.41) is 14.0. The van der Waals surface area contributed by atoms with Gasteiger partial charge in [0.25, 0.3) is 5.69 Å². The summed E-state index contributed by atoms with van der Waals surface area (Å²) in [5.41, 5.74) is 1.57. The van der Waals surface area contributed by atoms with E-state index in [1.165, 1.54) is 13.2 Å². The third-order valence-electron chi connectivity index (χ3n) is 2.85. The van der Waals surface area contributed by atoms with Crippen LogP contribution < -0.4 is 10.1 Å². The van der Waals surface area contributed by atoms with Gasteiger partial charge in [0.1, 0.15) is 11.4 Å². The first-order valence-corrected chi connectivity index (χ1v) is 6.16. The molecule has 0 aliphatic carbocycles. The van der Waals surface area contributed by atoms with Gasteiger partial charge in [-0.15, -0.1) is 0 Å². The van der Waals surface area contributed by atoms with E-state index in [4.69, 9.17) is 4.74 Å². The number of rotatable bonds is 6. The molecule has 6 heteroatoms. The van der Waals surface area contributed by atoms with E-state index < -0.39 is 4.92 Å². The van der Waals surface area contributed by atoms with Crippen LogP contribution in [-0.2, 0) is 6.42 Å². The van der Waals surface area contributed by atoms with E-state index in [0.717, 1.165) is 12.0 Å². The summed E-state index contributed by atoms with van der Waals surface area (Å²) in [4.78, 5) is 14.6. The first-order chi connectivity index (χ1) is 9.70. The van der Waals surface area contributed by atoms with Crippen molar-refractivity contribution >= 4 is 11.4 Å². The zero-order valence-corrected chi connectivity index (χ0v) is 11.1. The minimum absolute atomic E-state index is 0.0389. The molecule has 0 aliphatic heterocycles. The molecule has 2 aromatic rings. The van der Waals surface area contributed by atoms with Gasteiger partial charge in [0.15, 0.2) is 0 Å². The Morgan fingerprint density at radius 3 is 2.90 bits per heavy atom. The smallest absolute Gasteiger partial charge is 0.292 e. The van der Waals surface area contributed by atoms with Crippen molar-refractivity contribution < 1.29 is 9.66 Å². The van der Waals surface area contributed by atoms with Crippen LogP contribution in [0, 0.1) is 10.1 Å². The summed E-state index contributed by atoms with van der Waals surface area (Å²) in [6.45, 7) is 0.583. The molecule has 0 radical (unpaired) electrons. The molecule has 0 bridgehead atoms. The normalized spacial score (nSPS) is 10.1. The fourth-order valence-electron chi connectivity index (χ4n) is 1.83. The summed E-state index contributed by atoms with van der Waals surface area (Å²) in [6.07, 6.45) is 4.23. The van der Waals surface area contributed by atoms with Crippen molar-refractivity contribution in [2.24, 2.45) is 0 Å². The largest absolute Gasteiger partial charge is 0.497 e. The maximum Gasteiger partial charge on any atom is 0.292 e. The summed E-state index contributed by atoms with van der Waals surface area (Å²) in [5.74, 6) is 0.583. The number of hydrogen-bond acceptors (Lipinski definition) is 5. The van der Waals surface area contributed by atoms with E-state index in [-0.39, 0.29) is 5.69 Å². The Bertz CT molecular complexity index is 587. The number of pyridine rings is 1. The molecule has 20 heavy (non-hydrogen) atoms. The Kier molecular flexibility index (Phi) is 4.49. The van der Waals surface area contributed by atoms with E-state index in [9.17, 15) is 10.1 Å². The maximum absolute atomic E-state index is 11.0. The van der Waals surface area contributed by atoms with Gasteiger partial charge in [-0.1, -0.05) is 6.07 Å². The van der Waals surface area contributed by atoms with Crippen LogP contribution in [0.25, 0.3) is 0 Å². The lowest BCUT2D eigenvalue weighted by atomic mass is 10.2. The highest BCUT2D eigenvalue weighted by molar-refractivity contribution is 5.64. The van der Waals surface area contributed by atoms with Crippen LogP contribution in [0.4, 0.5) is 11.4 Å². The lowest BCUT2D eigenvalue weighted by molar-refractivity contribution is -0.384. The molecule has 1 heterocycles. The molecule has 6 nitrogen and oxygen atoms in total. The number of nitrogens with one attached hydrogen (secondary N) is 1. The molecule has 0 unspecified atom stereocenters. The fraction of sp³-hybridized carbons (Fsp3) is 0.214. The highest BCUT2D eigenvalue weighted by Crippen LogP contribution is 2.28. The van der Waals surface area contributed by atoms with Crippen molar-refractivity contribution in [3.8, 4) is 5.75 Å². The van der Waals surface area contributed by atoms with Crippen LogP contribution in [0.1, 0.15) is 5.56 Å². The van der Waals surface area contributed by atoms with Gasteiger partial charge in [0, 0.05) is 31.1 Å². The van der Waals surface area contributed by atoms with Crippen LogP contribution >= 0.6 is 0 Å².